The van der Waals surface area contributed by atoms with Gasteiger partial charge in [-0.1, -0.05) is 29.8 Å². The van der Waals surface area contributed by atoms with E-state index in [1.54, 1.807) is 0 Å². The van der Waals surface area contributed by atoms with Gasteiger partial charge in [-0.2, -0.15) is 0 Å². The van der Waals surface area contributed by atoms with Crippen molar-refractivity contribution in [2.24, 2.45) is 11.8 Å². The number of hydrogen-bond donors (Lipinski definition) is 1. The second-order valence-electron chi connectivity index (χ2n) is 4.26. The maximum atomic E-state index is 11.6. The SMILES string of the molecule is CC(C)[C@@H](CO)N1CC(CBr)CC1=O. The van der Waals surface area contributed by atoms with E-state index in [1.165, 1.54) is 0 Å². The lowest BCUT2D eigenvalue weighted by atomic mass is 10.0. The minimum Gasteiger partial charge on any atom is -0.394 e. The van der Waals surface area contributed by atoms with Crippen LogP contribution in [0.3, 0.4) is 0 Å². The van der Waals surface area contributed by atoms with Crippen LogP contribution in [0.4, 0.5) is 0 Å². The Hall–Kier alpha value is -0.0900. The van der Waals surface area contributed by atoms with Crippen molar-refractivity contribution in [3.63, 3.8) is 0 Å². The van der Waals surface area contributed by atoms with Gasteiger partial charge in [0.05, 0.1) is 12.6 Å². The molecule has 82 valence electrons. The molecule has 14 heavy (non-hydrogen) atoms. The molecule has 4 heteroatoms. The Balaban J connectivity index is 2.63. The number of aliphatic hydroxyl groups is 1. The molecule has 0 aromatic carbocycles. The average Bonchev–Trinajstić information content (AvgIpc) is 2.48. The highest BCUT2D eigenvalue weighted by Gasteiger charge is 2.34. The quantitative estimate of drug-likeness (QED) is 0.776. The largest absolute Gasteiger partial charge is 0.394 e. The van der Waals surface area contributed by atoms with E-state index >= 15 is 0 Å². The monoisotopic (exact) mass is 263 g/mol. The van der Waals surface area contributed by atoms with Crippen molar-refractivity contribution in [2.45, 2.75) is 26.3 Å². The summed E-state index contributed by atoms with van der Waals surface area (Å²) in [6, 6.07) is -0.00782. The third-order valence-corrected chi connectivity index (χ3v) is 3.73. The number of carbonyl (C=O) groups excluding carboxylic acids is 1. The van der Waals surface area contributed by atoms with Gasteiger partial charge in [-0.3, -0.25) is 4.79 Å². The smallest absolute Gasteiger partial charge is 0.223 e. The summed E-state index contributed by atoms with van der Waals surface area (Å²) in [6.45, 7) is 4.93. The Labute approximate surface area is 93.6 Å². The van der Waals surface area contributed by atoms with Crippen LogP contribution in [0.15, 0.2) is 0 Å². The highest BCUT2D eigenvalue weighted by Crippen LogP contribution is 2.24. The van der Waals surface area contributed by atoms with Gasteiger partial charge in [0.25, 0.3) is 0 Å². The van der Waals surface area contributed by atoms with Gasteiger partial charge in [-0.15, -0.1) is 0 Å². The Bertz CT molecular complexity index is 208. The molecule has 0 aliphatic carbocycles. The normalized spacial score (nSPS) is 24.8. The zero-order chi connectivity index (χ0) is 10.7. The van der Waals surface area contributed by atoms with Crippen molar-refractivity contribution in [2.75, 3.05) is 18.5 Å². The van der Waals surface area contributed by atoms with Crippen LogP contribution in [-0.4, -0.2) is 40.4 Å². The molecule has 0 aromatic heterocycles. The zero-order valence-electron chi connectivity index (χ0n) is 8.74. The molecular weight excluding hydrogens is 246 g/mol. The lowest BCUT2D eigenvalue weighted by Crippen LogP contribution is -2.42. The third kappa shape index (κ3) is 2.48. The summed E-state index contributed by atoms with van der Waals surface area (Å²) in [5, 5.41) is 10.1. The first-order valence-corrected chi connectivity index (χ1v) is 6.18. The van der Waals surface area contributed by atoms with E-state index in [9.17, 15) is 9.90 Å². The number of nitrogens with zero attached hydrogens (tertiary/aromatic N) is 1. The first-order valence-electron chi connectivity index (χ1n) is 5.06. The van der Waals surface area contributed by atoms with Crippen LogP contribution in [0.1, 0.15) is 20.3 Å². The fourth-order valence-electron chi connectivity index (χ4n) is 1.90. The van der Waals surface area contributed by atoms with E-state index in [-0.39, 0.29) is 18.6 Å². The molecule has 2 atom stereocenters. The predicted octanol–water partition coefficient (Wildman–Crippen LogP) is 1.25. The molecule has 0 spiro atoms. The van der Waals surface area contributed by atoms with Gasteiger partial charge < -0.3 is 10.0 Å². The number of aliphatic hydroxyl groups excluding tert-OH is 1. The number of likely N-dealkylation sites (tertiary alicyclic amines) is 1. The second-order valence-corrected chi connectivity index (χ2v) is 4.91. The summed E-state index contributed by atoms with van der Waals surface area (Å²) in [4.78, 5) is 13.5. The van der Waals surface area contributed by atoms with Crippen LogP contribution < -0.4 is 0 Å². The number of halogens is 1. The summed E-state index contributed by atoms with van der Waals surface area (Å²) in [6.07, 6.45) is 0.620. The first-order chi connectivity index (χ1) is 6.60. The summed E-state index contributed by atoms with van der Waals surface area (Å²) in [5.74, 6) is 0.913. The Morgan fingerprint density at radius 1 is 1.64 bits per heavy atom. The number of hydrogen-bond acceptors (Lipinski definition) is 2. The fourth-order valence-corrected chi connectivity index (χ4v) is 2.34. The third-order valence-electron chi connectivity index (χ3n) is 2.81. The molecule has 1 aliphatic heterocycles. The molecule has 1 N–H and O–H groups in total. The molecular formula is C10H18BrNO2. The molecule has 0 radical (unpaired) electrons. The molecule has 1 unspecified atom stereocenters. The van der Waals surface area contributed by atoms with Crippen molar-refractivity contribution in [1.82, 2.24) is 4.90 Å². The van der Waals surface area contributed by atoms with Crippen molar-refractivity contribution >= 4 is 21.8 Å². The van der Waals surface area contributed by atoms with Crippen LogP contribution in [0.2, 0.25) is 0 Å². The maximum absolute atomic E-state index is 11.6. The number of carbonyl (C=O) groups is 1. The molecule has 0 saturated carbocycles. The van der Waals surface area contributed by atoms with E-state index in [0.717, 1.165) is 11.9 Å². The van der Waals surface area contributed by atoms with E-state index in [1.807, 2.05) is 18.7 Å². The van der Waals surface area contributed by atoms with Crippen LogP contribution in [0.25, 0.3) is 0 Å². The number of alkyl halides is 1. The van der Waals surface area contributed by atoms with Crippen molar-refractivity contribution in [1.29, 1.82) is 0 Å². The molecule has 1 fully saturated rings. The highest BCUT2D eigenvalue weighted by molar-refractivity contribution is 9.09. The van der Waals surface area contributed by atoms with E-state index in [0.29, 0.717) is 18.3 Å². The lowest BCUT2D eigenvalue weighted by molar-refractivity contribution is -0.131. The van der Waals surface area contributed by atoms with Crippen molar-refractivity contribution < 1.29 is 9.90 Å². The lowest BCUT2D eigenvalue weighted by Gasteiger charge is -2.29. The van der Waals surface area contributed by atoms with Crippen molar-refractivity contribution in [3.8, 4) is 0 Å². The number of amides is 1. The Morgan fingerprint density at radius 3 is 2.64 bits per heavy atom. The molecule has 1 heterocycles. The summed E-state index contributed by atoms with van der Waals surface area (Å²) >= 11 is 3.40. The average molecular weight is 264 g/mol. The van der Waals surface area contributed by atoms with Crippen LogP contribution in [0.5, 0.6) is 0 Å². The molecule has 1 amide bonds. The molecule has 1 saturated heterocycles. The van der Waals surface area contributed by atoms with Crippen LogP contribution in [-0.2, 0) is 4.79 Å². The van der Waals surface area contributed by atoms with Gasteiger partial charge in [-0.05, 0) is 11.8 Å². The van der Waals surface area contributed by atoms with Gasteiger partial charge in [0.1, 0.15) is 0 Å². The van der Waals surface area contributed by atoms with Gasteiger partial charge >= 0.3 is 0 Å². The van der Waals surface area contributed by atoms with Gasteiger partial charge in [0.15, 0.2) is 0 Å². The summed E-state index contributed by atoms with van der Waals surface area (Å²) in [5.41, 5.74) is 0. The highest BCUT2D eigenvalue weighted by atomic mass is 79.9. The van der Waals surface area contributed by atoms with E-state index in [2.05, 4.69) is 15.9 Å². The maximum Gasteiger partial charge on any atom is 0.223 e. The summed E-state index contributed by atoms with van der Waals surface area (Å²) < 4.78 is 0. The Kier molecular flexibility index (Phi) is 4.38. The van der Waals surface area contributed by atoms with Crippen molar-refractivity contribution in [3.05, 3.63) is 0 Å². The van der Waals surface area contributed by atoms with Crippen LogP contribution >= 0.6 is 15.9 Å². The topological polar surface area (TPSA) is 40.5 Å². The molecule has 0 aromatic rings. The van der Waals surface area contributed by atoms with Gasteiger partial charge in [0.2, 0.25) is 5.91 Å². The molecule has 1 rings (SSSR count). The second kappa shape index (κ2) is 5.12. The fraction of sp³-hybridized carbons (Fsp3) is 0.900. The zero-order valence-corrected chi connectivity index (χ0v) is 10.3. The van der Waals surface area contributed by atoms with Gasteiger partial charge in [0, 0.05) is 18.3 Å². The number of rotatable bonds is 4. The van der Waals surface area contributed by atoms with Crippen LogP contribution in [0, 0.1) is 11.8 Å². The predicted molar refractivity (Wildman–Crippen MR) is 59.3 cm³/mol. The van der Waals surface area contributed by atoms with E-state index < -0.39 is 0 Å². The molecule has 1 aliphatic rings. The Morgan fingerprint density at radius 2 is 2.29 bits per heavy atom. The standard InChI is InChI=1S/C10H18BrNO2/c1-7(2)9(6-13)12-5-8(4-11)3-10(12)14/h7-9,13H,3-6H2,1-2H3/t8?,9-/m1/s1. The molecule has 0 bridgehead atoms. The van der Waals surface area contributed by atoms with Gasteiger partial charge in [-0.25, -0.2) is 0 Å². The minimum atomic E-state index is -0.00782. The first kappa shape index (κ1) is 12.0. The minimum absolute atomic E-state index is 0.00782. The van der Waals surface area contributed by atoms with E-state index in [4.69, 9.17) is 0 Å². The molecule has 3 nitrogen and oxygen atoms in total. The summed E-state index contributed by atoms with van der Waals surface area (Å²) in [7, 11) is 0.